The van der Waals surface area contributed by atoms with Crippen molar-refractivity contribution in [1.29, 1.82) is 0 Å². The van der Waals surface area contributed by atoms with Crippen LogP contribution in [0.4, 0.5) is 0 Å². The molecule has 0 bridgehead atoms. The van der Waals surface area contributed by atoms with Crippen molar-refractivity contribution in [3.63, 3.8) is 0 Å². The van der Waals surface area contributed by atoms with Crippen molar-refractivity contribution >= 4 is 0 Å². The summed E-state index contributed by atoms with van der Waals surface area (Å²) in [6.45, 7) is 10.7. The molecular weight excluding hydrogens is 220 g/mol. The topological polar surface area (TPSA) is 15.3 Å². The molecule has 1 N–H and O–H groups in total. The highest BCUT2D eigenvalue weighted by atomic mass is 15.2. The van der Waals surface area contributed by atoms with Gasteiger partial charge < -0.3 is 5.32 Å². The Morgan fingerprint density at radius 1 is 1.06 bits per heavy atom. The Labute approximate surface area is 114 Å². The summed E-state index contributed by atoms with van der Waals surface area (Å²) in [5, 5.41) is 3.79. The van der Waals surface area contributed by atoms with E-state index in [4.69, 9.17) is 0 Å². The zero-order valence-corrected chi connectivity index (χ0v) is 12.6. The van der Waals surface area contributed by atoms with Crippen LogP contribution in [0.3, 0.4) is 0 Å². The smallest absolute Gasteiger partial charge is 0.0110 e. The average Bonchev–Trinajstić information content (AvgIpc) is 3.19. The van der Waals surface area contributed by atoms with Gasteiger partial charge in [0.1, 0.15) is 0 Å². The molecule has 18 heavy (non-hydrogen) atoms. The Morgan fingerprint density at radius 3 is 2.22 bits per heavy atom. The van der Waals surface area contributed by atoms with Crippen LogP contribution in [0.25, 0.3) is 0 Å². The first-order chi connectivity index (χ1) is 8.70. The summed E-state index contributed by atoms with van der Waals surface area (Å²) in [4.78, 5) is 2.65. The second kappa shape index (κ2) is 6.91. The van der Waals surface area contributed by atoms with Gasteiger partial charge in [-0.2, -0.15) is 0 Å². The Bertz CT molecular complexity index is 227. The van der Waals surface area contributed by atoms with Gasteiger partial charge in [0.25, 0.3) is 0 Å². The predicted octanol–water partition coefficient (Wildman–Crippen LogP) is 3.28. The molecule has 0 spiro atoms. The van der Waals surface area contributed by atoms with Crippen molar-refractivity contribution < 1.29 is 0 Å². The summed E-state index contributed by atoms with van der Waals surface area (Å²) in [7, 11) is 0. The van der Waals surface area contributed by atoms with E-state index in [1.165, 1.54) is 58.2 Å². The maximum Gasteiger partial charge on any atom is 0.0110 e. The fraction of sp³-hybridized carbons (Fsp3) is 1.00. The van der Waals surface area contributed by atoms with Crippen LogP contribution in [-0.4, -0.2) is 36.6 Å². The lowest BCUT2D eigenvalue weighted by Gasteiger charge is -2.32. The second-order valence-corrected chi connectivity index (χ2v) is 6.67. The molecule has 0 aromatic heterocycles. The molecule has 0 aromatic carbocycles. The summed E-state index contributed by atoms with van der Waals surface area (Å²) in [5.74, 6) is 1.87. The number of hydrogen-bond donors (Lipinski definition) is 1. The molecule has 0 heterocycles. The highest BCUT2D eigenvalue weighted by Gasteiger charge is 2.27. The first-order valence-electron chi connectivity index (χ1n) is 8.18. The maximum absolute atomic E-state index is 3.79. The zero-order valence-electron chi connectivity index (χ0n) is 12.6. The van der Waals surface area contributed by atoms with E-state index in [0.29, 0.717) is 0 Å². The summed E-state index contributed by atoms with van der Waals surface area (Å²) in [6, 6.07) is 1.73. The monoisotopic (exact) mass is 252 g/mol. The van der Waals surface area contributed by atoms with Gasteiger partial charge in [0.05, 0.1) is 0 Å². The van der Waals surface area contributed by atoms with Crippen molar-refractivity contribution in [1.82, 2.24) is 10.2 Å². The Morgan fingerprint density at radius 2 is 1.72 bits per heavy atom. The van der Waals surface area contributed by atoms with E-state index < -0.39 is 0 Å². The predicted molar refractivity (Wildman–Crippen MR) is 78.9 cm³/mol. The third-order valence-electron chi connectivity index (χ3n) is 5.02. The fourth-order valence-electron chi connectivity index (χ4n) is 3.44. The van der Waals surface area contributed by atoms with Crippen molar-refractivity contribution in [3.8, 4) is 0 Å². The van der Waals surface area contributed by atoms with Gasteiger partial charge in [-0.3, -0.25) is 4.90 Å². The van der Waals surface area contributed by atoms with E-state index in [0.717, 1.165) is 23.9 Å². The molecule has 2 aliphatic rings. The van der Waals surface area contributed by atoms with Gasteiger partial charge in [-0.15, -0.1) is 0 Å². The van der Waals surface area contributed by atoms with Crippen molar-refractivity contribution in [2.75, 3.05) is 19.6 Å². The van der Waals surface area contributed by atoms with Gasteiger partial charge in [-0.05, 0) is 56.9 Å². The summed E-state index contributed by atoms with van der Waals surface area (Å²) in [6.07, 6.45) is 8.56. The van der Waals surface area contributed by atoms with Crippen LogP contribution in [0.1, 0.15) is 59.3 Å². The minimum Gasteiger partial charge on any atom is -0.313 e. The highest BCUT2D eigenvalue weighted by Crippen LogP contribution is 2.30. The Hall–Kier alpha value is -0.0800. The lowest BCUT2D eigenvalue weighted by atomic mass is 9.80. The van der Waals surface area contributed by atoms with Gasteiger partial charge >= 0.3 is 0 Å². The van der Waals surface area contributed by atoms with Crippen LogP contribution < -0.4 is 5.32 Å². The van der Waals surface area contributed by atoms with E-state index in [2.05, 4.69) is 31.0 Å². The largest absolute Gasteiger partial charge is 0.313 e. The van der Waals surface area contributed by atoms with Gasteiger partial charge in [0, 0.05) is 25.2 Å². The summed E-state index contributed by atoms with van der Waals surface area (Å²) in [5.41, 5.74) is 0. The van der Waals surface area contributed by atoms with Crippen LogP contribution in [0.5, 0.6) is 0 Å². The Balaban J connectivity index is 1.57. The van der Waals surface area contributed by atoms with Gasteiger partial charge in [-0.25, -0.2) is 0 Å². The average molecular weight is 252 g/mol. The minimum atomic E-state index is 0.804. The molecule has 0 amide bonds. The number of hydrogen-bond acceptors (Lipinski definition) is 2. The molecule has 0 aromatic rings. The molecule has 2 aliphatic carbocycles. The first-order valence-corrected chi connectivity index (χ1v) is 8.18. The number of likely N-dealkylation sites (N-methyl/N-ethyl adjacent to an activating group) is 1. The quantitative estimate of drug-likeness (QED) is 0.748. The highest BCUT2D eigenvalue weighted by molar-refractivity contribution is 4.85. The van der Waals surface area contributed by atoms with Gasteiger partial charge in [-0.1, -0.05) is 20.8 Å². The molecule has 0 radical (unpaired) electrons. The number of nitrogens with one attached hydrogen (secondary N) is 1. The SMILES string of the molecule is CCN(CCNC1CCC(C(C)C)CC1)C1CC1. The van der Waals surface area contributed by atoms with Crippen LogP contribution in [0, 0.1) is 11.8 Å². The molecule has 0 atom stereocenters. The van der Waals surface area contributed by atoms with Crippen molar-refractivity contribution in [3.05, 3.63) is 0 Å². The molecular formula is C16H32N2. The van der Waals surface area contributed by atoms with Crippen molar-refractivity contribution in [2.24, 2.45) is 11.8 Å². The van der Waals surface area contributed by atoms with E-state index >= 15 is 0 Å². The standard InChI is InChI=1S/C16H32N2/c1-4-18(16-9-10-16)12-11-17-15-7-5-14(6-8-15)13(2)3/h13-17H,4-12H2,1-3H3. The van der Waals surface area contributed by atoms with Gasteiger partial charge in [0.15, 0.2) is 0 Å². The van der Waals surface area contributed by atoms with E-state index in [9.17, 15) is 0 Å². The zero-order chi connectivity index (χ0) is 13.0. The third-order valence-corrected chi connectivity index (χ3v) is 5.02. The lowest BCUT2D eigenvalue weighted by Crippen LogP contribution is -2.40. The summed E-state index contributed by atoms with van der Waals surface area (Å²) < 4.78 is 0. The van der Waals surface area contributed by atoms with E-state index in [1.54, 1.807) is 0 Å². The second-order valence-electron chi connectivity index (χ2n) is 6.67. The van der Waals surface area contributed by atoms with Crippen molar-refractivity contribution in [2.45, 2.75) is 71.4 Å². The molecule has 2 nitrogen and oxygen atoms in total. The molecule has 2 heteroatoms. The fourth-order valence-corrected chi connectivity index (χ4v) is 3.44. The molecule has 2 fully saturated rings. The number of nitrogens with zero attached hydrogens (tertiary/aromatic N) is 1. The number of rotatable bonds is 7. The molecule has 2 saturated carbocycles. The van der Waals surface area contributed by atoms with E-state index in [-0.39, 0.29) is 0 Å². The van der Waals surface area contributed by atoms with Crippen LogP contribution in [-0.2, 0) is 0 Å². The van der Waals surface area contributed by atoms with E-state index in [1.807, 2.05) is 0 Å². The van der Waals surface area contributed by atoms with Crippen LogP contribution in [0.2, 0.25) is 0 Å². The van der Waals surface area contributed by atoms with Crippen LogP contribution in [0.15, 0.2) is 0 Å². The molecule has 106 valence electrons. The minimum absolute atomic E-state index is 0.804. The summed E-state index contributed by atoms with van der Waals surface area (Å²) >= 11 is 0. The van der Waals surface area contributed by atoms with Crippen LogP contribution >= 0.6 is 0 Å². The molecule has 0 aliphatic heterocycles. The third kappa shape index (κ3) is 4.24. The first kappa shape index (κ1) is 14.3. The molecule has 0 unspecified atom stereocenters. The Kier molecular flexibility index (Phi) is 5.50. The normalized spacial score (nSPS) is 29.2. The molecule has 0 saturated heterocycles. The lowest BCUT2D eigenvalue weighted by molar-refractivity contribution is 0.225. The molecule has 2 rings (SSSR count). The maximum atomic E-state index is 3.79. The van der Waals surface area contributed by atoms with Gasteiger partial charge in [0.2, 0.25) is 0 Å².